The van der Waals surface area contributed by atoms with Crippen LogP contribution < -0.4 is 4.74 Å². The zero-order chi connectivity index (χ0) is 16.9. The minimum atomic E-state index is -0.0772. The Bertz CT molecular complexity index is 811. The number of ether oxygens (including phenoxy) is 2. The van der Waals surface area contributed by atoms with Crippen molar-refractivity contribution in [3.63, 3.8) is 0 Å². The molecule has 0 N–H and O–H groups in total. The smallest absolute Gasteiger partial charge is 0.254 e. The van der Waals surface area contributed by atoms with E-state index in [1.165, 1.54) is 0 Å². The average molecular weight is 336 g/mol. The molecular weight excluding hydrogens is 316 g/mol. The average Bonchev–Trinajstić information content (AvgIpc) is 3.17. The molecule has 0 radical (unpaired) electrons. The van der Waals surface area contributed by atoms with Crippen molar-refractivity contribution in [3.8, 4) is 16.9 Å². The molecule has 3 aromatic rings. The number of benzene rings is 2. The van der Waals surface area contributed by atoms with Gasteiger partial charge in [-0.2, -0.15) is 0 Å². The van der Waals surface area contributed by atoms with Crippen LogP contribution in [-0.2, 0) is 11.3 Å². The molecule has 5 nitrogen and oxygen atoms in total. The summed E-state index contributed by atoms with van der Waals surface area (Å²) in [5.41, 5.74) is 2.15. The monoisotopic (exact) mass is 336 g/mol. The first-order valence-electron chi connectivity index (χ1n) is 8.61. The molecule has 4 rings (SSSR count). The van der Waals surface area contributed by atoms with Crippen LogP contribution in [0, 0.1) is 0 Å². The van der Waals surface area contributed by atoms with E-state index in [1.807, 2.05) is 42.5 Å². The zero-order valence-corrected chi connectivity index (χ0v) is 13.9. The Morgan fingerprint density at radius 1 is 0.960 bits per heavy atom. The maximum atomic E-state index is 5.94. The molecular formula is C20H20N2O3. The highest BCUT2D eigenvalue weighted by atomic mass is 16.5. The summed E-state index contributed by atoms with van der Waals surface area (Å²) < 4.78 is 17.3. The molecule has 1 fully saturated rings. The molecule has 1 saturated heterocycles. The van der Waals surface area contributed by atoms with Crippen molar-refractivity contribution in [1.29, 1.82) is 0 Å². The van der Waals surface area contributed by atoms with E-state index in [-0.39, 0.29) is 12.7 Å². The Labute approximate surface area is 146 Å². The fourth-order valence-electron chi connectivity index (χ4n) is 2.98. The number of hydrogen-bond acceptors (Lipinski definition) is 5. The molecule has 0 spiro atoms. The number of nitrogens with zero attached hydrogens (tertiary/aromatic N) is 2. The molecule has 1 atom stereocenters. The van der Waals surface area contributed by atoms with Gasteiger partial charge in [0.2, 0.25) is 5.89 Å². The second kappa shape index (κ2) is 7.49. The Morgan fingerprint density at radius 2 is 1.80 bits per heavy atom. The Hall–Kier alpha value is -2.66. The molecule has 25 heavy (non-hydrogen) atoms. The van der Waals surface area contributed by atoms with Gasteiger partial charge < -0.3 is 13.9 Å². The maximum Gasteiger partial charge on any atom is 0.254 e. The van der Waals surface area contributed by atoms with Crippen molar-refractivity contribution in [3.05, 3.63) is 66.4 Å². The summed E-state index contributed by atoms with van der Waals surface area (Å²) in [6.07, 6.45) is 3.08. The van der Waals surface area contributed by atoms with Gasteiger partial charge in [-0.25, -0.2) is 0 Å². The van der Waals surface area contributed by atoms with Crippen molar-refractivity contribution < 1.29 is 13.9 Å². The SMILES string of the molecule is c1ccc(-c2ccccc2OCc2nnc(C3CCCCO3)o2)cc1. The predicted octanol–water partition coefficient (Wildman–Crippen LogP) is 4.56. The first-order chi connectivity index (χ1) is 12.4. The van der Waals surface area contributed by atoms with Crippen molar-refractivity contribution in [1.82, 2.24) is 10.2 Å². The quantitative estimate of drug-likeness (QED) is 0.684. The summed E-state index contributed by atoms with van der Waals surface area (Å²) in [6, 6.07) is 18.1. The van der Waals surface area contributed by atoms with Crippen LogP contribution in [0.4, 0.5) is 0 Å². The molecule has 2 aromatic carbocycles. The number of aromatic nitrogens is 2. The van der Waals surface area contributed by atoms with Gasteiger partial charge in [0, 0.05) is 12.2 Å². The van der Waals surface area contributed by atoms with Crippen LogP contribution in [0.2, 0.25) is 0 Å². The molecule has 1 unspecified atom stereocenters. The van der Waals surface area contributed by atoms with Crippen molar-refractivity contribution in [2.24, 2.45) is 0 Å². The third-order valence-corrected chi connectivity index (χ3v) is 4.26. The van der Waals surface area contributed by atoms with Gasteiger partial charge in [-0.3, -0.25) is 0 Å². The molecule has 2 heterocycles. The fraction of sp³-hybridized carbons (Fsp3) is 0.300. The van der Waals surface area contributed by atoms with Gasteiger partial charge in [0.1, 0.15) is 11.9 Å². The van der Waals surface area contributed by atoms with Gasteiger partial charge in [0.15, 0.2) is 6.61 Å². The van der Waals surface area contributed by atoms with Crippen LogP contribution in [0.15, 0.2) is 59.0 Å². The van der Waals surface area contributed by atoms with Crippen molar-refractivity contribution >= 4 is 0 Å². The van der Waals surface area contributed by atoms with Gasteiger partial charge in [0.25, 0.3) is 5.89 Å². The number of hydrogen-bond donors (Lipinski definition) is 0. The summed E-state index contributed by atoms with van der Waals surface area (Å²) in [4.78, 5) is 0. The summed E-state index contributed by atoms with van der Waals surface area (Å²) >= 11 is 0. The third kappa shape index (κ3) is 3.72. The lowest BCUT2D eigenvalue weighted by Crippen LogP contribution is -2.11. The summed E-state index contributed by atoms with van der Waals surface area (Å²) in [6.45, 7) is 0.993. The molecule has 5 heteroatoms. The second-order valence-corrected chi connectivity index (χ2v) is 6.04. The molecule has 0 bridgehead atoms. The lowest BCUT2D eigenvalue weighted by molar-refractivity contribution is -0.00258. The van der Waals surface area contributed by atoms with Gasteiger partial charge in [0.05, 0.1) is 0 Å². The molecule has 1 aliphatic rings. The van der Waals surface area contributed by atoms with Crippen molar-refractivity contribution in [2.45, 2.75) is 32.0 Å². The summed E-state index contributed by atoms with van der Waals surface area (Å²) in [5.74, 6) is 1.81. The number of rotatable bonds is 5. The fourth-order valence-corrected chi connectivity index (χ4v) is 2.98. The van der Waals surface area contributed by atoms with Crippen LogP contribution in [0.25, 0.3) is 11.1 Å². The topological polar surface area (TPSA) is 57.4 Å². The second-order valence-electron chi connectivity index (χ2n) is 6.04. The van der Waals surface area contributed by atoms with E-state index < -0.39 is 0 Å². The maximum absolute atomic E-state index is 5.94. The predicted molar refractivity (Wildman–Crippen MR) is 93.1 cm³/mol. The van der Waals surface area contributed by atoms with E-state index in [9.17, 15) is 0 Å². The van der Waals surface area contributed by atoms with Crippen LogP contribution in [0.3, 0.4) is 0 Å². The third-order valence-electron chi connectivity index (χ3n) is 4.26. The first kappa shape index (κ1) is 15.8. The van der Waals surface area contributed by atoms with Crippen LogP contribution in [0.5, 0.6) is 5.75 Å². The van der Waals surface area contributed by atoms with Gasteiger partial charge in [-0.05, 0) is 30.9 Å². The van der Waals surface area contributed by atoms with Gasteiger partial charge in [-0.15, -0.1) is 10.2 Å². The Kier molecular flexibility index (Phi) is 4.74. The standard InChI is InChI=1S/C20H20N2O3/c1-2-8-15(9-3-1)16-10-4-5-11-17(16)24-14-19-21-22-20(25-19)18-12-6-7-13-23-18/h1-5,8-11,18H,6-7,12-14H2. The first-order valence-corrected chi connectivity index (χ1v) is 8.61. The van der Waals surface area contributed by atoms with E-state index in [1.54, 1.807) is 0 Å². The highest BCUT2D eigenvalue weighted by Gasteiger charge is 2.22. The summed E-state index contributed by atoms with van der Waals surface area (Å²) in [7, 11) is 0. The lowest BCUT2D eigenvalue weighted by Gasteiger charge is -2.18. The van der Waals surface area contributed by atoms with Crippen LogP contribution >= 0.6 is 0 Å². The van der Waals surface area contributed by atoms with E-state index in [4.69, 9.17) is 13.9 Å². The molecule has 128 valence electrons. The zero-order valence-electron chi connectivity index (χ0n) is 13.9. The Morgan fingerprint density at radius 3 is 2.64 bits per heavy atom. The van der Waals surface area contributed by atoms with Crippen LogP contribution in [-0.4, -0.2) is 16.8 Å². The molecule has 0 amide bonds. The highest BCUT2D eigenvalue weighted by molar-refractivity contribution is 5.70. The van der Waals surface area contributed by atoms with E-state index in [0.717, 1.165) is 42.7 Å². The van der Waals surface area contributed by atoms with E-state index in [0.29, 0.717) is 11.8 Å². The molecule has 1 aliphatic heterocycles. The number of para-hydroxylation sites is 1. The minimum absolute atomic E-state index is 0.0772. The molecule has 0 aliphatic carbocycles. The molecule has 1 aromatic heterocycles. The van der Waals surface area contributed by atoms with Crippen LogP contribution in [0.1, 0.15) is 37.1 Å². The van der Waals surface area contributed by atoms with E-state index in [2.05, 4.69) is 22.3 Å². The summed E-state index contributed by atoms with van der Waals surface area (Å²) in [5, 5.41) is 8.20. The highest BCUT2D eigenvalue weighted by Crippen LogP contribution is 2.30. The minimum Gasteiger partial charge on any atom is -0.483 e. The Balaban J connectivity index is 1.46. The normalized spacial score (nSPS) is 17.4. The lowest BCUT2D eigenvalue weighted by atomic mass is 10.1. The largest absolute Gasteiger partial charge is 0.483 e. The van der Waals surface area contributed by atoms with Gasteiger partial charge >= 0.3 is 0 Å². The molecule has 0 saturated carbocycles. The van der Waals surface area contributed by atoms with E-state index >= 15 is 0 Å². The van der Waals surface area contributed by atoms with Crippen molar-refractivity contribution in [2.75, 3.05) is 6.61 Å². The van der Waals surface area contributed by atoms with Gasteiger partial charge in [-0.1, -0.05) is 48.5 Å².